The lowest BCUT2D eigenvalue weighted by Gasteiger charge is -2.10. The first-order valence-electron chi connectivity index (χ1n) is 7.18. The number of hydrogen-bond donors (Lipinski definition) is 2. The van der Waals surface area contributed by atoms with E-state index in [1.54, 1.807) is 12.3 Å². The zero-order valence-corrected chi connectivity index (χ0v) is 12.7. The van der Waals surface area contributed by atoms with Gasteiger partial charge >= 0.3 is 0 Å². The van der Waals surface area contributed by atoms with Crippen molar-refractivity contribution < 1.29 is 23.1 Å². The molecule has 2 aromatic carbocycles. The summed E-state index contributed by atoms with van der Waals surface area (Å²) in [6, 6.07) is 5.44. The van der Waals surface area contributed by atoms with Crippen molar-refractivity contribution in [2.45, 2.75) is 6.54 Å². The molecule has 1 amide bonds. The monoisotopic (exact) mass is 347 g/mol. The Morgan fingerprint density at radius 2 is 1.96 bits per heavy atom. The fourth-order valence-electron chi connectivity index (χ4n) is 2.33. The van der Waals surface area contributed by atoms with Crippen LogP contribution in [0.1, 0.15) is 15.9 Å². The van der Waals surface area contributed by atoms with Crippen LogP contribution in [0.2, 0.25) is 0 Å². The van der Waals surface area contributed by atoms with Gasteiger partial charge < -0.3 is 15.0 Å². The van der Waals surface area contributed by atoms with Crippen molar-refractivity contribution >= 4 is 5.91 Å². The van der Waals surface area contributed by atoms with Crippen molar-refractivity contribution in [1.29, 1.82) is 0 Å². The van der Waals surface area contributed by atoms with Gasteiger partial charge in [0.2, 0.25) is 0 Å². The number of hydrogen-bond acceptors (Lipinski definition) is 3. The van der Waals surface area contributed by atoms with Crippen LogP contribution in [0.4, 0.5) is 13.2 Å². The van der Waals surface area contributed by atoms with Crippen molar-refractivity contribution in [3.05, 3.63) is 77.6 Å². The van der Waals surface area contributed by atoms with Gasteiger partial charge in [-0.05, 0) is 17.7 Å². The number of nitrogens with one attached hydrogen (secondary N) is 1. The predicted octanol–water partition coefficient (Wildman–Crippen LogP) is 2.93. The van der Waals surface area contributed by atoms with Crippen LogP contribution < -0.4 is 5.32 Å². The SMILES string of the molecule is O=C(NCc1ccc(-n2ccnc2)c(F)c1)c1c(O)cc(F)cc1F. The van der Waals surface area contributed by atoms with Crippen LogP contribution in [-0.4, -0.2) is 20.6 Å². The number of carbonyl (C=O) groups excluding carboxylic acids is 1. The summed E-state index contributed by atoms with van der Waals surface area (Å²) in [4.78, 5) is 15.8. The summed E-state index contributed by atoms with van der Waals surface area (Å²) in [5.41, 5.74) is 0.0448. The van der Waals surface area contributed by atoms with Crippen LogP contribution in [0.5, 0.6) is 5.75 Å². The van der Waals surface area contributed by atoms with Gasteiger partial charge in [0.1, 0.15) is 28.8 Å². The highest BCUT2D eigenvalue weighted by molar-refractivity contribution is 5.97. The summed E-state index contributed by atoms with van der Waals surface area (Å²) in [6.45, 7) is -0.101. The molecule has 8 heteroatoms. The van der Waals surface area contributed by atoms with Gasteiger partial charge in [0.05, 0.1) is 12.0 Å². The Bertz CT molecular complexity index is 904. The molecule has 0 spiro atoms. The second kappa shape index (κ2) is 6.68. The molecule has 0 saturated carbocycles. The van der Waals surface area contributed by atoms with E-state index in [-0.39, 0.29) is 12.2 Å². The molecule has 128 valence electrons. The molecule has 0 radical (unpaired) electrons. The Kier molecular flexibility index (Phi) is 4.42. The third-order valence-corrected chi connectivity index (χ3v) is 3.51. The van der Waals surface area contributed by atoms with E-state index in [0.717, 1.165) is 0 Å². The van der Waals surface area contributed by atoms with Crippen LogP contribution in [0.3, 0.4) is 0 Å². The van der Waals surface area contributed by atoms with Crippen LogP contribution in [0.25, 0.3) is 5.69 Å². The molecule has 1 heterocycles. The summed E-state index contributed by atoms with van der Waals surface area (Å²) < 4.78 is 42.2. The fourth-order valence-corrected chi connectivity index (χ4v) is 2.33. The highest BCUT2D eigenvalue weighted by Crippen LogP contribution is 2.22. The molecule has 25 heavy (non-hydrogen) atoms. The summed E-state index contributed by atoms with van der Waals surface area (Å²) in [6.07, 6.45) is 4.54. The minimum atomic E-state index is -1.18. The van der Waals surface area contributed by atoms with E-state index in [2.05, 4.69) is 10.3 Å². The van der Waals surface area contributed by atoms with E-state index in [1.807, 2.05) is 0 Å². The standard InChI is InChI=1S/C17H12F3N3O2/c18-11-6-13(20)16(15(24)7-11)17(25)22-8-10-1-2-14(12(19)5-10)23-4-3-21-9-23/h1-7,9,24H,8H2,(H,22,25). The lowest BCUT2D eigenvalue weighted by Crippen LogP contribution is -2.24. The van der Waals surface area contributed by atoms with Crippen LogP contribution in [0, 0.1) is 17.5 Å². The van der Waals surface area contributed by atoms with Crippen molar-refractivity contribution in [2.24, 2.45) is 0 Å². The largest absolute Gasteiger partial charge is 0.507 e. The molecular formula is C17H12F3N3O2. The number of imidazole rings is 1. The van der Waals surface area contributed by atoms with Gasteiger partial charge in [-0.15, -0.1) is 0 Å². The maximum Gasteiger partial charge on any atom is 0.258 e. The molecule has 2 N–H and O–H groups in total. The molecule has 5 nitrogen and oxygen atoms in total. The quantitative estimate of drug-likeness (QED) is 0.763. The maximum absolute atomic E-state index is 14.1. The first-order valence-corrected chi connectivity index (χ1v) is 7.18. The Hall–Kier alpha value is -3.29. The average Bonchev–Trinajstić information content (AvgIpc) is 3.06. The lowest BCUT2D eigenvalue weighted by atomic mass is 10.1. The van der Waals surface area contributed by atoms with Gasteiger partial charge in [-0.25, -0.2) is 18.2 Å². The molecule has 3 rings (SSSR count). The predicted molar refractivity (Wildman–Crippen MR) is 82.7 cm³/mol. The number of nitrogens with zero attached hydrogens (tertiary/aromatic N) is 2. The lowest BCUT2D eigenvalue weighted by molar-refractivity contribution is 0.0943. The summed E-state index contributed by atoms with van der Waals surface area (Å²) >= 11 is 0. The van der Waals surface area contributed by atoms with E-state index in [1.165, 1.54) is 29.2 Å². The van der Waals surface area contributed by atoms with Crippen LogP contribution >= 0.6 is 0 Å². The van der Waals surface area contributed by atoms with E-state index in [9.17, 15) is 23.1 Å². The number of carbonyl (C=O) groups is 1. The van der Waals surface area contributed by atoms with Gasteiger partial charge in [0.15, 0.2) is 0 Å². The zero-order valence-electron chi connectivity index (χ0n) is 12.7. The highest BCUT2D eigenvalue weighted by atomic mass is 19.1. The molecule has 0 aliphatic carbocycles. The van der Waals surface area contributed by atoms with E-state index in [0.29, 0.717) is 17.7 Å². The first-order chi connectivity index (χ1) is 12.0. The number of aromatic nitrogens is 2. The van der Waals surface area contributed by atoms with Crippen LogP contribution in [0.15, 0.2) is 49.1 Å². The average molecular weight is 347 g/mol. The molecule has 0 fully saturated rings. The van der Waals surface area contributed by atoms with Crippen molar-refractivity contribution in [3.63, 3.8) is 0 Å². The summed E-state index contributed by atoms with van der Waals surface area (Å²) in [5.74, 6) is -4.45. The molecular weight excluding hydrogens is 335 g/mol. The minimum absolute atomic E-state index is 0.101. The van der Waals surface area contributed by atoms with Crippen molar-refractivity contribution in [3.8, 4) is 11.4 Å². The first kappa shape index (κ1) is 16.6. The van der Waals surface area contributed by atoms with Gasteiger partial charge in [-0.3, -0.25) is 4.79 Å². The normalized spacial score (nSPS) is 10.7. The number of aromatic hydroxyl groups is 1. The molecule has 0 aliphatic rings. The smallest absolute Gasteiger partial charge is 0.258 e. The van der Waals surface area contributed by atoms with Crippen molar-refractivity contribution in [1.82, 2.24) is 14.9 Å². The number of amides is 1. The highest BCUT2D eigenvalue weighted by Gasteiger charge is 2.18. The summed E-state index contributed by atoms with van der Waals surface area (Å²) in [7, 11) is 0. The Balaban J connectivity index is 1.74. The fraction of sp³-hybridized carbons (Fsp3) is 0.0588. The minimum Gasteiger partial charge on any atom is -0.507 e. The Morgan fingerprint density at radius 3 is 2.60 bits per heavy atom. The number of halogens is 3. The van der Waals surface area contributed by atoms with E-state index < -0.39 is 34.7 Å². The van der Waals surface area contributed by atoms with Crippen LogP contribution in [-0.2, 0) is 6.54 Å². The second-order valence-electron chi connectivity index (χ2n) is 5.22. The Morgan fingerprint density at radius 1 is 1.16 bits per heavy atom. The van der Waals surface area contributed by atoms with Crippen molar-refractivity contribution in [2.75, 3.05) is 0 Å². The zero-order chi connectivity index (χ0) is 18.0. The van der Waals surface area contributed by atoms with Gasteiger partial charge in [-0.1, -0.05) is 6.07 Å². The molecule has 3 aromatic rings. The molecule has 0 atom stereocenters. The summed E-state index contributed by atoms with van der Waals surface area (Å²) in [5, 5.41) is 11.9. The molecule has 0 aliphatic heterocycles. The third-order valence-electron chi connectivity index (χ3n) is 3.51. The molecule has 1 aromatic heterocycles. The maximum atomic E-state index is 14.1. The van der Waals surface area contributed by atoms with E-state index >= 15 is 0 Å². The molecule has 0 saturated heterocycles. The van der Waals surface area contributed by atoms with Gasteiger partial charge in [0, 0.05) is 31.1 Å². The number of phenols is 1. The van der Waals surface area contributed by atoms with Gasteiger partial charge in [-0.2, -0.15) is 0 Å². The third kappa shape index (κ3) is 3.47. The van der Waals surface area contributed by atoms with E-state index in [4.69, 9.17) is 0 Å². The number of benzene rings is 2. The molecule has 0 unspecified atom stereocenters. The molecule has 0 bridgehead atoms. The Labute approximate surface area is 140 Å². The second-order valence-corrected chi connectivity index (χ2v) is 5.22. The number of phenolic OH excluding ortho intramolecular Hbond substituents is 1. The topological polar surface area (TPSA) is 67.2 Å². The van der Waals surface area contributed by atoms with Gasteiger partial charge in [0.25, 0.3) is 5.91 Å². The number of rotatable bonds is 4.